The zero-order valence-corrected chi connectivity index (χ0v) is 15.5. The number of nitrogens with zero attached hydrogens (tertiary/aromatic N) is 2. The van der Waals surface area contributed by atoms with E-state index < -0.39 is 0 Å². The molecule has 5 heteroatoms. The highest BCUT2D eigenvalue weighted by Gasteiger charge is 2.15. The molecule has 5 nitrogen and oxygen atoms in total. The van der Waals surface area contributed by atoms with Crippen LogP contribution in [0.2, 0.25) is 0 Å². The van der Waals surface area contributed by atoms with E-state index in [-0.39, 0.29) is 11.8 Å². The lowest BCUT2D eigenvalue weighted by molar-refractivity contribution is -0.117. The summed E-state index contributed by atoms with van der Waals surface area (Å²) in [5.41, 5.74) is 1.29. The van der Waals surface area contributed by atoms with E-state index in [2.05, 4.69) is 24.1 Å². The fraction of sp³-hybridized carbons (Fsp3) is 0.579. The van der Waals surface area contributed by atoms with Crippen LogP contribution in [0.25, 0.3) is 0 Å². The highest BCUT2D eigenvalue weighted by Crippen LogP contribution is 2.13. The molecular formula is C19H31N3O2. The molecule has 134 valence electrons. The second kappa shape index (κ2) is 10.8. The maximum Gasteiger partial charge on any atom is 0.253 e. The van der Waals surface area contributed by atoms with Gasteiger partial charge in [-0.15, -0.1) is 0 Å². The Morgan fingerprint density at radius 3 is 2.17 bits per heavy atom. The number of hydrogen-bond donors (Lipinski definition) is 1. The van der Waals surface area contributed by atoms with Gasteiger partial charge in [0.05, 0.1) is 6.54 Å². The summed E-state index contributed by atoms with van der Waals surface area (Å²) < 4.78 is 0. The number of carbonyl (C=O) groups is 2. The predicted octanol–water partition coefficient (Wildman–Crippen LogP) is 3.23. The van der Waals surface area contributed by atoms with Crippen molar-refractivity contribution in [2.24, 2.45) is 0 Å². The molecule has 24 heavy (non-hydrogen) atoms. The van der Waals surface area contributed by atoms with Gasteiger partial charge in [0, 0.05) is 24.3 Å². The van der Waals surface area contributed by atoms with Gasteiger partial charge in [-0.3, -0.25) is 14.5 Å². The van der Waals surface area contributed by atoms with Crippen LogP contribution in [0.5, 0.6) is 0 Å². The van der Waals surface area contributed by atoms with Gasteiger partial charge in [0.15, 0.2) is 0 Å². The van der Waals surface area contributed by atoms with Crippen molar-refractivity contribution >= 4 is 17.5 Å². The fourth-order valence-electron chi connectivity index (χ4n) is 2.62. The molecule has 1 aromatic carbocycles. The Hall–Kier alpha value is -1.88. The van der Waals surface area contributed by atoms with Crippen LogP contribution < -0.4 is 5.32 Å². The third-order valence-electron chi connectivity index (χ3n) is 3.93. The van der Waals surface area contributed by atoms with Gasteiger partial charge in [-0.1, -0.05) is 33.8 Å². The molecule has 1 N–H and O–H groups in total. The molecular weight excluding hydrogens is 302 g/mol. The summed E-state index contributed by atoms with van der Waals surface area (Å²) in [5, 5.41) is 2.89. The molecule has 0 bridgehead atoms. The molecule has 0 atom stereocenters. The van der Waals surface area contributed by atoms with Crippen molar-refractivity contribution in [1.82, 2.24) is 9.80 Å². The second-order valence-corrected chi connectivity index (χ2v) is 5.88. The SMILES string of the molecule is CCCN(CCC)C(=O)c1cccc(NC(=O)CN(CC)CC)c1. The summed E-state index contributed by atoms with van der Waals surface area (Å²) >= 11 is 0. The monoisotopic (exact) mass is 333 g/mol. The minimum Gasteiger partial charge on any atom is -0.339 e. The Labute approximate surface area is 146 Å². The Balaban J connectivity index is 2.78. The van der Waals surface area contributed by atoms with Crippen molar-refractivity contribution in [3.63, 3.8) is 0 Å². The van der Waals surface area contributed by atoms with Crippen LogP contribution in [0.4, 0.5) is 5.69 Å². The summed E-state index contributed by atoms with van der Waals surface area (Å²) in [5.74, 6) is -0.0270. The first-order valence-corrected chi connectivity index (χ1v) is 8.97. The minimum absolute atomic E-state index is 0.0264. The average molecular weight is 333 g/mol. The summed E-state index contributed by atoms with van der Waals surface area (Å²) in [6.07, 6.45) is 1.87. The van der Waals surface area contributed by atoms with Crippen LogP contribution in [0.3, 0.4) is 0 Å². The lowest BCUT2D eigenvalue weighted by Gasteiger charge is -2.22. The lowest BCUT2D eigenvalue weighted by atomic mass is 10.1. The van der Waals surface area contributed by atoms with Crippen molar-refractivity contribution in [2.75, 3.05) is 38.0 Å². The zero-order chi connectivity index (χ0) is 17.9. The third kappa shape index (κ3) is 6.32. The molecule has 0 saturated heterocycles. The van der Waals surface area contributed by atoms with Crippen LogP contribution >= 0.6 is 0 Å². The highest BCUT2D eigenvalue weighted by atomic mass is 16.2. The number of amides is 2. The molecule has 0 fully saturated rings. The predicted molar refractivity (Wildman–Crippen MR) is 99.3 cm³/mol. The molecule has 0 radical (unpaired) electrons. The summed E-state index contributed by atoms with van der Waals surface area (Å²) in [6.45, 7) is 11.8. The van der Waals surface area contributed by atoms with Crippen molar-refractivity contribution in [2.45, 2.75) is 40.5 Å². The normalized spacial score (nSPS) is 10.7. The van der Waals surface area contributed by atoms with Gasteiger partial charge in [0.2, 0.25) is 5.91 Å². The summed E-state index contributed by atoms with van der Waals surface area (Å²) in [7, 11) is 0. The van der Waals surface area contributed by atoms with E-state index in [1.165, 1.54) is 0 Å². The number of likely N-dealkylation sites (N-methyl/N-ethyl adjacent to an activating group) is 1. The number of rotatable bonds is 10. The first-order chi connectivity index (χ1) is 11.5. The Bertz CT molecular complexity index is 521. The second-order valence-electron chi connectivity index (χ2n) is 5.88. The smallest absolute Gasteiger partial charge is 0.253 e. The molecule has 0 spiro atoms. The van der Waals surface area contributed by atoms with E-state index in [1.807, 2.05) is 30.9 Å². The first-order valence-electron chi connectivity index (χ1n) is 8.97. The van der Waals surface area contributed by atoms with Crippen LogP contribution in [-0.4, -0.2) is 54.3 Å². The molecule has 0 unspecified atom stereocenters. The summed E-state index contributed by atoms with van der Waals surface area (Å²) in [6, 6.07) is 7.21. The van der Waals surface area contributed by atoms with E-state index in [1.54, 1.807) is 12.1 Å². The number of hydrogen-bond acceptors (Lipinski definition) is 3. The van der Waals surface area contributed by atoms with Gasteiger partial charge in [-0.05, 0) is 44.1 Å². The number of anilines is 1. The molecule has 0 aromatic heterocycles. The van der Waals surface area contributed by atoms with Crippen LogP contribution in [0, 0.1) is 0 Å². The molecule has 1 rings (SSSR count). The van der Waals surface area contributed by atoms with Gasteiger partial charge in [0.25, 0.3) is 5.91 Å². The van der Waals surface area contributed by atoms with Crippen molar-refractivity contribution in [3.05, 3.63) is 29.8 Å². The van der Waals surface area contributed by atoms with Crippen molar-refractivity contribution < 1.29 is 9.59 Å². The lowest BCUT2D eigenvalue weighted by Crippen LogP contribution is -2.33. The molecule has 0 saturated carbocycles. The zero-order valence-electron chi connectivity index (χ0n) is 15.5. The average Bonchev–Trinajstić information content (AvgIpc) is 2.59. The van der Waals surface area contributed by atoms with Crippen LogP contribution in [0.15, 0.2) is 24.3 Å². The maximum atomic E-state index is 12.6. The maximum absolute atomic E-state index is 12.6. The van der Waals surface area contributed by atoms with Crippen LogP contribution in [-0.2, 0) is 4.79 Å². The van der Waals surface area contributed by atoms with E-state index >= 15 is 0 Å². The van der Waals surface area contributed by atoms with E-state index in [4.69, 9.17) is 0 Å². The van der Waals surface area contributed by atoms with Gasteiger partial charge in [-0.2, -0.15) is 0 Å². The Morgan fingerprint density at radius 1 is 1.00 bits per heavy atom. The van der Waals surface area contributed by atoms with Gasteiger partial charge < -0.3 is 10.2 Å². The number of carbonyl (C=O) groups excluding carboxylic acids is 2. The minimum atomic E-state index is -0.0535. The van der Waals surface area contributed by atoms with Gasteiger partial charge in [0.1, 0.15) is 0 Å². The topological polar surface area (TPSA) is 52.7 Å². The van der Waals surface area contributed by atoms with E-state index in [0.29, 0.717) is 17.8 Å². The third-order valence-corrected chi connectivity index (χ3v) is 3.93. The van der Waals surface area contributed by atoms with E-state index in [0.717, 1.165) is 39.0 Å². The number of nitrogens with one attached hydrogen (secondary N) is 1. The van der Waals surface area contributed by atoms with Crippen molar-refractivity contribution in [3.8, 4) is 0 Å². The fourth-order valence-corrected chi connectivity index (χ4v) is 2.62. The standard InChI is InChI=1S/C19H31N3O2/c1-5-12-22(13-6-2)19(24)16-10-9-11-17(14-16)20-18(23)15-21(7-3)8-4/h9-11,14H,5-8,12-13,15H2,1-4H3,(H,20,23). The Kier molecular flexibility index (Phi) is 9.08. The van der Waals surface area contributed by atoms with Gasteiger partial charge >= 0.3 is 0 Å². The quantitative estimate of drug-likeness (QED) is 0.715. The van der Waals surface area contributed by atoms with Gasteiger partial charge in [-0.25, -0.2) is 0 Å². The van der Waals surface area contributed by atoms with Crippen molar-refractivity contribution in [1.29, 1.82) is 0 Å². The van der Waals surface area contributed by atoms with E-state index in [9.17, 15) is 9.59 Å². The molecule has 0 aliphatic heterocycles. The summed E-state index contributed by atoms with van der Waals surface area (Å²) in [4.78, 5) is 28.7. The highest BCUT2D eigenvalue weighted by molar-refractivity contribution is 5.97. The largest absolute Gasteiger partial charge is 0.339 e. The first kappa shape index (κ1) is 20.2. The number of benzene rings is 1. The molecule has 2 amide bonds. The Morgan fingerprint density at radius 2 is 1.62 bits per heavy atom. The molecule has 1 aromatic rings. The molecule has 0 aliphatic rings. The molecule has 0 aliphatic carbocycles. The molecule has 0 heterocycles. The van der Waals surface area contributed by atoms with Crippen LogP contribution in [0.1, 0.15) is 50.9 Å².